The number of aryl methyl sites for hydroxylation is 1. The van der Waals surface area contributed by atoms with Gasteiger partial charge in [0.2, 0.25) is 26.6 Å². The summed E-state index contributed by atoms with van der Waals surface area (Å²) in [5.41, 5.74) is 0.964. The molecule has 0 bridgehead atoms. The minimum atomic E-state index is -3.88. The van der Waals surface area contributed by atoms with Gasteiger partial charge in [0.05, 0.1) is 9.80 Å². The van der Waals surface area contributed by atoms with Gasteiger partial charge in [0.25, 0.3) is 5.91 Å². The number of carbonyl (C=O) groups excluding carboxylic acids is 1. The Morgan fingerprint density at radius 3 is 2.45 bits per heavy atom. The summed E-state index contributed by atoms with van der Waals surface area (Å²) < 4.78 is 32.8. The Morgan fingerprint density at radius 2 is 1.86 bits per heavy atom. The summed E-state index contributed by atoms with van der Waals surface area (Å²) in [6.07, 6.45) is 3.36. The van der Waals surface area contributed by atoms with Crippen LogP contribution in [-0.4, -0.2) is 48.7 Å². The lowest BCUT2D eigenvalue weighted by molar-refractivity contribution is -0.121. The molecular weight excluding hydrogens is 430 g/mol. The average Bonchev–Trinajstić information content (AvgIpc) is 3.40. The van der Waals surface area contributed by atoms with Gasteiger partial charge in [-0.25, -0.2) is 8.42 Å². The molecule has 10 heteroatoms. The Kier molecular flexibility index (Phi) is 5.26. The van der Waals surface area contributed by atoms with E-state index in [1.165, 1.54) is 11.0 Å². The molecule has 0 unspecified atom stereocenters. The number of benzene rings is 1. The number of likely N-dealkylation sites (N-methyl/N-ethyl adjacent to an activating group) is 1. The lowest BCUT2D eigenvalue weighted by Gasteiger charge is -2.14. The van der Waals surface area contributed by atoms with E-state index in [1.807, 2.05) is 11.8 Å². The van der Waals surface area contributed by atoms with E-state index >= 15 is 0 Å². The molecule has 7 nitrogen and oxygen atoms in total. The lowest BCUT2D eigenvalue weighted by Crippen LogP contribution is -2.22. The second-order valence-electron chi connectivity index (χ2n) is 6.91. The maximum Gasteiger partial charge on any atom is 0.266 e. The number of aromatic nitrogens is 1. The first-order chi connectivity index (χ1) is 13.8. The van der Waals surface area contributed by atoms with Crippen LogP contribution in [0.3, 0.4) is 0 Å². The highest BCUT2D eigenvalue weighted by molar-refractivity contribution is 8.26. The molecule has 0 N–H and O–H groups in total. The quantitative estimate of drug-likeness (QED) is 0.520. The second kappa shape index (κ2) is 7.58. The van der Waals surface area contributed by atoms with E-state index in [2.05, 4.69) is 4.98 Å². The first kappa shape index (κ1) is 20.1. The maximum absolute atomic E-state index is 13.3. The van der Waals surface area contributed by atoms with Gasteiger partial charge in [-0.15, -0.1) is 0 Å². The third-order valence-electron chi connectivity index (χ3n) is 4.82. The molecule has 1 aromatic heterocycles. The van der Waals surface area contributed by atoms with Crippen LogP contribution < -0.4 is 4.90 Å². The van der Waals surface area contributed by atoms with Crippen molar-refractivity contribution in [3.05, 3.63) is 40.6 Å². The molecule has 152 valence electrons. The second-order valence-corrected chi connectivity index (χ2v) is 10.5. The highest BCUT2D eigenvalue weighted by Crippen LogP contribution is 2.36. The van der Waals surface area contributed by atoms with Gasteiger partial charge in [-0.1, -0.05) is 41.7 Å². The first-order valence-corrected chi connectivity index (χ1v) is 11.8. The molecule has 2 aliphatic heterocycles. The molecule has 3 heterocycles. The van der Waals surface area contributed by atoms with Crippen molar-refractivity contribution >= 4 is 56.0 Å². The van der Waals surface area contributed by atoms with Crippen molar-refractivity contribution in [3.63, 3.8) is 0 Å². The number of sulfone groups is 1. The van der Waals surface area contributed by atoms with E-state index < -0.39 is 9.84 Å². The highest BCUT2D eigenvalue weighted by Gasteiger charge is 2.33. The normalized spacial score (nSPS) is 19.0. The van der Waals surface area contributed by atoms with Crippen LogP contribution in [-0.2, 0) is 14.6 Å². The Bertz CT molecular complexity index is 1110. The smallest absolute Gasteiger partial charge is 0.266 e. The predicted molar refractivity (Wildman–Crippen MR) is 116 cm³/mol. The topological polar surface area (TPSA) is 83.7 Å². The van der Waals surface area contributed by atoms with Gasteiger partial charge in [-0.3, -0.25) is 9.69 Å². The van der Waals surface area contributed by atoms with Crippen molar-refractivity contribution in [2.75, 3.05) is 25.0 Å². The standard InChI is InChI=1S/C19H19N3O4S3/c1-12-5-7-13(8-6-12)29(24,25)16-18(22-9-3-4-10-22)26-15(20-16)11-14-17(23)21(2)19(27)28-14/h5-8,11H,3-4,9-10H2,1-2H3. The van der Waals surface area contributed by atoms with Crippen LogP contribution >= 0.6 is 24.0 Å². The average molecular weight is 450 g/mol. The van der Waals surface area contributed by atoms with E-state index in [9.17, 15) is 13.2 Å². The fourth-order valence-corrected chi connectivity index (χ4v) is 5.63. The first-order valence-electron chi connectivity index (χ1n) is 9.06. The third kappa shape index (κ3) is 3.72. The Morgan fingerprint density at radius 1 is 1.21 bits per heavy atom. The van der Waals surface area contributed by atoms with Crippen LogP contribution in [0.5, 0.6) is 0 Å². The van der Waals surface area contributed by atoms with Crippen LogP contribution in [0.2, 0.25) is 0 Å². The van der Waals surface area contributed by atoms with Gasteiger partial charge in [-0.2, -0.15) is 4.98 Å². The van der Waals surface area contributed by atoms with Crippen LogP contribution in [0.1, 0.15) is 24.3 Å². The number of thioether (sulfide) groups is 1. The van der Waals surface area contributed by atoms with Gasteiger partial charge in [0.15, 0.2) is 0 Å². The van der Waals surface area contributed by atoms with E-state index in [4.69, 9.17) is 16.6 Å². The predicted octanol–water partition coefficient (Wildman–Crippen LogP) is 3.25. The summed E-state index contributed by atoms with van der Waals surface area (Å²) in [5.74, 6) is 0.0386. The summed E-state index contributed by atoms with van der Waals surface area (Å²) in [4.78, 5) is 20.3. The van der Waals surface area contributed by atoms with Crippen LogP contribution in [0.25, 0.3) is 6.08 Å². The summed E-state index contributed by atoms with van der Waals surface area (Å²) in [6, 6.07) is 6.62. The number of oxazole rings is 1. The minimum Gasteiger partial charge on any atom is -0.420 e. The van der Waals surface area contributed by atoms with E-state index in [0.29, 0.717) is 22.3 Å². The fraction of sp³-hybridized carbons (Fsp3) is 0.316. The van der Waals surface area contributed by atoms with Gasteiger partial charge < -0.3 is 9.32 Å². The number of hydrogen-bond acceptors (Lipinski definition) is 8. The molecule has 1 amide bonds. The number of hydrogen-bond donors (Lipinski definition) is 0. The van der Waals surface area contributed by atoms with Crippen molar-refractivity contribution in [3.8, 4) is 0 Å². The van der Waals surface area contributed by atoms with E-state index in [-0.39, 0.29) is 27.6 Å². The zero-order valence-electron chi connectivity index (χ0n) is 15.9. The zero-order chi connectivity index (χ0) is 20.8. The van der Waals surface area contributed by atoms with Crippen molar-refractivity contribution in [2.24, 2.45) is 0 Å². The molecular formula is C19H19N3O4S3. The maximum atomic E-state index is 13.3. The number of thiocarbonyl (C=S) groups is 1. The van der Waals surface area contributed by atoms with Crippen LogP contribution in [0, 0.1) is 6.92 Å². The zero-order valence-corrected chi connectivity index (χ0v) is 18.4. The highest BCUT2D eigenvalue weighted by atomic mass is 32.2. The molecule has 2 aliphatic rings. The molecule has 2 aromatic rings. The Labute approximate surface area is 178 Å². The molecule has 0 atom stereocenters. The number of amides is 1. The molecule has 0 radical (unpaired) electrons. The molecule has 1 aromatic carbocycles. The lowest BCUT2D eigenvalue weighted by atomic mass is 10.2. The van der Waals surface area contributed by atoms with Gasteiger partial charge >= 0.3 is 0 Å². The van der Waals surface area contributed by atoms with Crippen molar-refractivity contribution in [2.45, 2.75) is 29.7 Å². The largest absolute Gasteiger partial charge is 0.420 e. The Balaban J connectivity index is 1.80. The molecule has 2 fully saturated rings. The summed E-state index contributed by atoms with van der Waals surface area (Å²) in [6.45, 7) is 3.29. The summed E-state index contributed by atoms with van der Waals surface area (Å²) >= 11 is 6.27. The van der Waals surface area contributed by atoms with Crippen LogP contribution in [0.15, 0.2) is 43.5 Å². The van der Waals surface area contributed by atoms with Gasteiger partial charge in [0, 0.05) is 26.2 Å². The Hall–Kier alpha value is -2.17. The van der Waals surface area contributed by atoms with E-state index in [0.717, 1.165) is 30.2 Å². The summed E-state index contributed by atoms with van der Waals surface area (Å²) in [7, 11) is -2.28. The van der Waals surface area contributed by atoms with Crippen molar-refractivity contribution < 1.29 is 17.6 Å². The minimum absolute atomic E-state index is 0.0755. The van der Waals surface area contributed by atoms with Gasteiger partial charge in [0.1, 0.15) is 4.32 Å². The van der Waals surface area contributed by atoms with E-state index in [1.54, 1.807) is 31.3 Å². The molecule has 4 rings (SSSR count). The number of nitrogens with zero attached hydrogens (tertiary/aromatic N) is 3. The van der Waals surface area contributed by atoms with Crippen molar-refractivity contribution in [1.82, 2.24) is 9.88 Å². The number of anilines is 1. The third-order valence-corrected chi connectivity index (χ3v) is 7.97. The van der Waals surface area contributed by atoms with Crippen LogP contribution in [0.4, 0.5) is 5.88 Å². The molecule has 2 saturated heterocycles. The SMILES string of the molecule is Cc1ccc(S(=O)(=O)c2nc(C=C3SC(=S)N(C)C3=O)oc2N2CCCC2)cc1. The molecule has 0 aliphatic carbocycles. The molecule has 29 heavy (non-hydrogen) atoms. The van der Waals surface area contributed by atoms with Gasteiger partial charge in [-0.05, 0) is 31.9 Å². The van der Waals surface area contributed by atoms with Crippen molar-refractivity contribution in [1.29, 1.82) is 0 Å². The summed E-state index contributed by atoms with van der Waals surface area (Å²) in [5, 5.41) is -0.124. The monoisotopic (exact) mass is 449 g/mol. The fourth-order valence-electron chi connectivity index (χ4n) is 3.16. The number of carbonyl (C=O) groups is 1. The molecule has 0 saturated carbocycles. The number of rotatable bonds is 4. The molecule has 0 spiro atoms.